The summed E-state index contributed by atoms with van der Waals surface area (Å²) in [5.74, 6) is -0.630. The molecular formula is C40H44N6O5. The molecule has 6 rings (SSSR count). The fraction of sp³-hybridized carbons (Fsp3) is 0.300. The summed E-state index contributed by atoms with van der Waals surface area (Å²) in [6.45, 7) is 2.57. The molecule has 4 N–H and O–H groups in total. The largest absolute Gasteiger partial charge is 0.453 e. The van der Waals surface area contributed by atoms with Crippen molar-refractivity contribution >= 4 is 40.9 Å². The summed E-state index contributed by atoms with van der Waals surface area (Å²) >= 11 is 0. The third kappa shape index (κ3) is 9.11. The van der Waals surface area contributed by atoms with Crippen LogP contribution in [0.5, 0.6) is 0 Å². The van der Waals surface area contributed by atoms with E-state index in [0.717, 1.165) is 41.9 Å². The molecule has 11 nitrogen and oxygen atoms in total. The van der Waals surface area contributed by atoms with Crippen molar-refractivity contribution in [2.75, 3.05) is 35.7 Å². The van der Waals surface area contributed by atoms with Crippen molar-refractivity contribution in [2.45, 2.75) is 56.9 Å². The van der Waals surface area contributed by atoms with Crippen LogP contribution in [0.4, 0.5) is 21.9 Å². The number of anilines is 3. The number of likely N-dealkylation sites (tertiary alicyclic amines) is 1. The summed E-state index contributed by atoms with van der Waals surface area (Å²) in [7, 11) is 1.25. The van der Waals surface area contributed by atoms with Gasteiger partial charge in [0.1, 0.15) is 12.1 Å². The minimum Gasteiger partial charge on any atom is -0.453 e. The van der Waals surface area contributed by atoms with Crippen LogP contribution in [-0.2, 0) is 32.2 Å². The predicted octanol–water partition coefficient (Wildman–Crippen LogP) is 5.61. The van der Waals surface area contributed by atoms with Gasteiger partial charge in [-0.05, 0) is 85.3 Å². The van der Waals surface area contributed by atoms with Gasteiger partial charge < -0.3 is 35.8 Å². The van der Waals surface area contributed by atoms with E-state index in [2.05, 4.69) is 38.3 Å². The zero-order valence-electron chi connectivity index (χ0n) is 28.7. The van der Waals surface area contributed by atoms with E-state index in [0.29, 0.717) is 43.7 Å². The second kappa shape index (κ2) is 16.8. The summed E-state index contributed by atoms with van der Waals surface area (Å²) in [5, 5.41) is 11.9. The van der Waals surface area contributed by atoms with Gasteiger partial charge in [-0.25, -0.2) is 4.79 Å². The van der Waals surface area contributed by atoms with Gasteiger partial charge in [0, 0.05) is 36.7 Å². The average molecular weight is 689 g/mol. The Balaban J connectivity index is 1.09. The molecule has 2 fully saturated rings. The highest BCUT2D eigenvalue weighted by molar-refractivity contribution is 5.99. The molecule has 2 aliphatic heterocycles. The number of alkyl carbamates (subject to hydrolysis) is 1. The fourth-order valence-electron chi connectivity index (χ4n) is 6.65. The Morgan fingerprint density at radius 3 is 1.92 bits per heavy atom. The highest BCUT2D eigenvalue weighted by Gasteiger charge is 2.38. The lowest BCUT2D eigenvalue weighted by Crippen LogP contribution is -2.48. The molecule has 0 unspecified atom stereocenters. The number of hydrogen-bond acceptors (Lipinski definition) is 7. The first-order valence-electron chi connectivity index (χ1n) is 17.4. The fourth-order valence-corrected chi connectivity index (χ4v) is 6.65. The number of nitrogens with zero attached hydrogens (tertiary/aromatic N) is 2. The van der Waals surface area contributed by atoms with E-state index in [1.165, 1.54) is 7.11 Å². The molecule has 4 amide bonds. The number of ether oxygens (including phenoxy) is 1. The summed E-state index contributed by atoms with van der Waals surface area (Å²) in [5.41, 5.74) is 5.25. The lowest BCUT2D eigenvalue weighted by atomic mass is 10.0. The van der Waals surface area contributed by atoms with Gasteiger partial charge >= 0.3 is 6.09 Å². The van der Waals surface area contributed by atoms with E-state index in [4.69, 9.17) is 4.74 Å². The van der Waals surface area contributed by atoms with Crippen LogP contribution in [0.3, 0.4) is 0 Å². The van der Waals surface area contributed by atoms with E-state index in [1.54, 1.807) is 29.2 Å². The maximum Gasteiger partial charge on any atom is 0.407 e. The van der Waals surface area contributed by atoms with Crippen molar-refractivity contribution in [3.05, 3.63) is 126 Å². The Labute approximate surface area is 298 Å². The molecule has 51 heavy (non-hydrogen) atoms. The molecule has 2 aliphatic rings. The monoisotopic (exact) mass is 688 g/mol. The van der Waals surface area contributed by atoms with Crippen LogP contribution in [0.25, 0.3) is 0 Å². The Bertz CT molecular complexity index is 1780. The van der Waals surface area contributed by atoms with Crippen molar-refractivity contribution in [3.63, 3.8) is 0 Å². The number of rotatable bonds is 12. The highest BCUT2D eigenvalue weighted by Crippen LogP contribution is 2.26. The first-order valence-corrected chi connectivity index (χ1v) is 17.4. The van der Waals surface area contributed by atoms with Crippen molar-refractivity contribution in [1.82, 2.24) is 15.5 Å². The SMILES string of the molecule is COC(=O)N[C@@H](C(=O)N1CCC[C@H]1C(=O)Nc1ccc(CN(Cc2ccc(NC(=O)[C@@H]3CCCN3)cc2)c2ccccc2)cc1)c1ccccc1. The van der Waals surface area contributed by atoms with Gasteiger partial charge in [-0.1, -0.05) is 72.8 Å². The summed E-state index contributed by atoms with van der Waals surface area (Å²) in [4.78, 5) is 55.7. The second-order valence-electron chi connectivity index (χ2n) is 12.9. The minimum absolute atomic E-state index is 0.00416. The predicted molar refractivity (Wildman–Crippen MR) is 197 cm³/mol. The summed E-state index contributed by atoms with van der Waals surface area (Å²) < 4.78 is 4.77. The van der Waals surface area contributed by atoms with Gasteiger partial charge in [-0.2, -0.15) is 0 Å². The molecule has 264 valence electrons. The molecule has 11 heteroatoms. The van der Waals surface area contributed by atoms with Crippen LogP contribution in [0.1, 0.15) is 48.4 Å². The standard InChI is InChI=1S/C40H44N6O5/c1-51-40(50)44-36(30-10-4-2-5-11-30)39(49)46-25-9-15-35(46)38(48)43-32-22-18-29(19-23-32)27-45(33-12-6-3-7-13-33)26-28-16-20-31(21-17-28)42-37(47)34-14-8-24-41-34/h2-7,10-13,16-23,34-36,41H,8-9,14-15,24-27H2,1H3,(H,42,47)(H,43,48)(H,44,50)/t34-,35-,36+/m0/s1. The molecule has 0 aromatic heterocycles. The van der Waals surface area contributed by atoms with E-state index in [9.17, 15) is 19.2 Å². The van der Waals surface area contributed by atoms with Crippen molar-refractivity contribution in [2.24, 2.45) is 0 Å². The van der Waals surface area contributed by atoms with Crippen LogP contribution in [0, 0.1) is 0 Å². The number of para-hydroxylation sites is 1. The van der Waals surface area contributed by atoms with Crippen molar-refractivity contribution < 1.29 is 23.9 Å². The van der Waals surface area contributed by atoms with Crippen LogP contribution in [0.2, 0.25) is 0 Å². The summed E-state index contributed by atoms with van der Waals surface area (Å²) in [6.07, 6.45) is 2.34. The zero-order chi connectivity index (χ0) is 35.6. The Hall–Kier alpha value is -5.68. The Morgan fingerprint density at radius 1 is 0.765 bits per heavy atom. The summed E-state index contributed by atoms with van der Waals surface area (Å²) in [6, 6.07) is 33.0. The van der Waals surface area contributed by atoms with Gasteiger partial charge in [-0.3, -0.25) is 14.4 Å². The van der Waals surface area contributed by atoms with Gasteiger partial charge in [0.15, 0.2) is 0 Å². The van der Waals surface area contributed by atoms with Gasteiger partial charge in [0.25, 0.3) is 5.91 Å². The van der Waals surface area contributed by atoms with Crippen molar-refractivity contribution in [1.29, 1.82) is 0 Å². The zero-order valence-corrected chi connectivity index (χ0v) is 28.7. The molecule has 3 atom stereocenters. The van der Waals surface area contributed by atoms with E-state index < -0.39 is 18.2 Å². The normalized spacial score (nSPS) is 17.3. The first kappa shape index (κ1) is 35.2. The van der Waals surface area contributed by atoms with Crippen LogP contribution >= 0.6 is 0 Å². The van der Waals surface area contributed by atoms with Crippen LogP contribution in [-0.4, -0.2) is 61.0 Å². The maximum absolute atomic E-state index is 13.7. The smallest absolute Gasteiger partial charge is 0.407 e. The van der Waals surface area contributed by atoms with E-state index in [1.807, 2.05) is 72.8 Å². The van der Waals surface area contributed by atoms with Gasteiger partial charge in [-0.15, -0.1) is 0 Å². The molecule has 0 bridgehead atoms. The molecule has 2 saturated heterocycles. The Kier molecular flexibility index (Phi) is 11.6. The third-order valence-corrected chi connectivity index (χ3v) is 9.35. The maximum atomic E-state index is 13.7. The topological polar surface area (TPSA) is 132 Å². The average Bonchev–Trinajstić information content (AvgIpc) is 3.89. The molecule has 0 saturated carbocycles. The molecule has 4 aromatic rings. The second-order valence-corrected chi connectivity index (χ2v) is 12.9. The third-order valence-electron chi connectivity index (χ3n) is 9.35. The van der Waals surface area contributed by atoms with E-state index >= 15 is 0 Å². The first-order chi connectivity index (χ1) is 24.9. The number of hydrogen-bond donors (Lipinski definition) is 4. The lowest BCUT2D eigenvalue weighted by molar-refractivity contribution is -0.138. The minimum atomic E-state index is -0.975. The number of carbonyl (C=O) groups excluding carboxylic acids is 4. The van der Waals surface area contributed by atoms with Crippen LogP contribution < -0.4 is 26.2 Å². The Morgan fingerprint density at radius 2 is 1.35 bits per heavy atom. The number of benzene rings is 4. The van der Waals surface area contributed by atoms with Crippen LogP contribution in [0.15, 0.2) is 109 Å². The number of carbonyl (C=O) groups is 4. The molecule has 4 aromatic carbocycles. The molecule has 0 aliphatic carbocycles. The number of nitrogens with one attached hydrogen (secondary N) is 4. The molecule has 2 heterocycles. The van der Waals surface area contributed by atoms with Gasteiger partial charge in [0.05, 0.1) is 13.2 Å². The number of methoxy groups -OCH3 is 1. The molecule has 0 radical (unpaired) electrons. The molecule has 0 spiro atoms. The highest BCUT2D eigenvalue weighted by atomic mass is 16.5. The van der Waals surface area contributed by atoms with E-state index in [-0.39, 0.29) is 23.8 Å². The number of amides is 4. The van der Waals surface area contributed by atoms with Crippen molar-refractivity contribution in [3.8, 4) is 0 Å². The lowest BCUT2D eigenvalue weighted by Gasteiger charge is -2.28. The quantitative estimate of drug-likeness (QED) is 0.152. The van der Waals surface area contributed by atoms with Gasteiger partial charge in [0.2, 0.25) is 11.8 Å². The molecular weight excluding hydrogens is 644 g/mol.